The van der Waals surface area contributed by atoms with Gasteiger partial charge in [-0.25, -0.2) is 0 Å². The Labute approximate surface area is 153 Å². The summed E-state index contributed by atoms with van der Waals surface area (Å²) in [5.41, 5.74) is 1.83. The van der Waals surface area contributed by atoms with Crippen LogP contribution in [-0.4, -0.2) is 12.5 Å². The molecular formula is C19H15BrClNO2. The fraction of sp³-hybridized carbons (Fsp3) is 0.105. The van der Waals surface area contributed by atoms with E-state index in [2.05, 4.69) is 21.2 Å². The van der Waals surface area contributed by atoms with Crippen LogP contribution in [0.2, 0.25) is 5.02 Å². The number of aryl methyl sites for hydroxylation is 1. The third-order valence-corrected chi connectivity index (χ3v) is 4.57. The van der Waals surface area contributed by atoms with Crippen molar-refractivity contribution in [1.29, 1.82) is 0 Å². The Morgan fingerprint density at radius 2 is 1.88 bits per heavy atom. The molecule has 3 aromatic carbocycles. The molecule has 0 unspecified atom stereocenters. The van der Waals surface area contributed by atoms with Crippen molar-refractivity contribution in [3.63, 3.8) is 0 Å². The van der Waals surface area contributed by atoms with Crippen molar-refractivity contribution < 1.29 is 9.53 Å². The van der Waals surface area contributed by atoms with Crippen LogP contribution in [0.3, 0.4) is 0 Å². The number of fused-ring (bicyclic) bond motifs is 1. The van der Waals surface area contributed by atoms with Gasteiger partial charge in [0, 0.05) is 20.3 Å². The minimum atomic E-state index is -0.224. The van der Waals surface area contributed by atoms with E-state index >= 15 is 0 Å². The highest BCUT2D eigenvalue weighted by Gasteiger charge is 2.09. The normalized spacial score (nSPS) is 10.6. The number of ether oxygens (including phenoxy) is 1. The second-order valence-corrected chi connectivity index (χ2v) is 6.67. The molecule has 0 heterocycles. The predicted molar refractivity (Wildman–Crippen MR) is 102 cm³/mol. The van der Waals surface area contributed by atoms with Gasteiger partial charge < -0.3 is 10.1 Å². The maximum atomic E-state index is 12.1. The second-order valence-electron chi connectivity index (χ2n) is 5.41. The smallest absolute Gasteiger partial charge is 0.262 e. The van der Waals surface area contributed by atoms with Crippen LogP contribution in [0.1, 0.15) is 5.56 Å². The van der Waals surface area contributed by atoms with Crippen LogP contribution in [0.25, 0.3) is 10.8 Å². The van der Waals surface area contributed by atoms with E-state index in [4.69, 9.17) is 16.3 Å². The average molecular weight is 405 g/mol. The molecule has 0 atom stereocenters. The van der Waals surface area contributed by atoms with Crippen LogP contribution in [0.15, 0.2) is 59.1 Å². The summed E-state index contributed by atoms with van der Waals surface area (Å²) in [5, 5.41) is 5.27. The highest BCUT2D eigenvalue weighted by molar-refractivity contribution is 9.10. The number of amides is 1. The van der Waals surface area contributed by atoms with Crippen LogP contribution < -0.4 is 10.1 Å². The summed E-state index contributed by atoms with van der Waals surface area (Å²) in [5.74, 6) is 0.409. The van der Waals surface area contributed by atoms with Gasteiger partial charge in [-0.2, -0.15) is 0 Å². The predicted octanol–water partition coefficient (Wildman–Crippen LogP) is 5.58. The highest BCUT2D eigenvalue weighted by atomic mass is 79.9. The summed E-state index contributed by atoms with van der Waals surface area (Å²) >= 11 is 9.63. The molecule has 3 rings (SSSR count). The molecule has 24 heavy (non-hydrogen) atoms. The monoisotopic (exact) mass is 403 g/mol. The molecule has 0 aliphatic rings. The fourth-order valence-corrected chi connectivity index (χ4v) is 3.23. The van der Waals surface area contributed by atoms with Gasteiger partial charge in [0.1, 0.15) is 5.75 Å². The third kappa shape index (κ3) is 3.71. The van der Waals surface area contributed by atoms with Crippen molar-refractivity contribution in [3.8, 4) is 5.75 Å². The molecule has 0 spiro atoms. The van der Waals surface area contributed by atoms with E-state index in [9.17, 15) is 4.79 Å². The van der Waals surface area contributed by atoms with Gasteiger partial charge in [-0.15, -0.1) is 0 Å². The number of anilines is 1. The maximum Gasteiger partial charge on any atom is 0.262 e. The first kappa shape index (κ1) is 16.8. The molecule has 3 nitrogen and oxygen atoms in total. The summed E-state index contributed by atoms with van der Waals surface area (Å²) in [6.07, 6.45) is 0. The Balaban J connectivity index is 1.72. The van der Waals surface area contributed by atoms with Crippen molar-refractivity contribution >= 4 is 49.9 Å². The molecule has 0 saturated carbocycles. The van der Waals surface area contributed by atoms with E-state index in [1.54, 1.807) is 12.1 Å². The molecule has 0 bridgehead atoms. The van der Waals surface area contributed by atoms with E-state index in [1.807, 2.05) is 49.4 Å². The number of carbonyl (C=O) groups excluding carboxylic acids is 1. The Kier molecular flexibility index (Phi) is 5.07. The maximum absolute atomic E-state index is 12.1. The van der Waals surface area contributed by atoms with Crippen LogP contribution in [0.5, 0.6) is 5.75 Å². The Hall–Kier alpha value is -2.04. The molecule has 3 aromatic rings. The summed E-state index contributed by atoms with van der Waals surface area (Å²) in [6, 6.07) is 17.0. The van der Waals surface area contributed by atoms with Gasteiger partial charge in [0.2, 0.25) is 0 Å². The lowest BCUT2D eigenvalue weighted by Gasteiger charge is -2.11. The zero-order valence-corrected chi connectivity index (χ0v) is 15.3. The summed E-state index contributed by atoms with van der Waals surface area (Å²) in [6.45, 7) is 1.91. The first-order valence-corrected chi connectivity index (χ1v) is 8.58. The van der Waals surface area contributed by atoms with Crippen molar-refractivity contribution in [2.45, 2.75) is 6.92 Å². The molecule has 1 N–H and O–H groups in total. The highest BCUT2D eigenvalue weighted by Crippen LogP contribution is 2.31. The van der Waals surface area contributed by atoms with Crippen LogP contribution >= 0.6 is 27.5 Å². The molecular weight excluding hydrogens is 390 g/mol. The molecule has 122 valence electrons. The standard InChI is InChI=1S/C19H15BrClNO2/c1-12-6-8-17(15(20)10-12)22-19(23)11-24-18-9-7-16(21)13-4-2-3-5-14(13)18/h2-10H,11H2,1H3,(H,22,23). The zero-order valence-electron chi connectivity index (χ0n) is 13.0. The molecule has 0 saturated heterocycles. The number of hydrogen-bond donors (Lipinski definition) is 1. The SMILES string of the molecule is Cc1ccc(NC(=O)COc2ccc(Cl)c3ccccc23)c(Br)c1. The molecule has 0 aliphatic carbocycles. The number of benzene rings is 3. The Morgan fingerprint density at radius 1 is 1.12 bits per heavy atom. The number of nitrogens with one attached hydrogen (secondary N) is 1. The zero-order chi connectivity index (χ0) is 17.1. The van der Waals surface area contributed by atoms with Gasteiger partial charge in [0.05, 0.1) is 5.69 Å². The van der Waals surface area contributed by atoms with Crippen molar-refractivity contribution in [1.82, 2.24) is 0 Å². The molecule has 5 heteroatoms. The van der Waals surface area contributed by atoms with E-state index < -0.39 is 0 Å². The fourth-order valence-electron chi connectivity index (χ4n) is 2.41. The Morgan fingerprint density at radius 3 is 2.62 bits per heavy atom. The van der Waals surface area contributed by atoms with Gasteiger partial charge in [0.15, 0.2) is 6.61 Å². The molecule has 0 aromatic heterocycles. The van der Waals surface area contributed by atoms with Gasteiger partial charge in [-0.3, -0.25) is 4.79 Å². The minimum Gasteiger partial charge on any atom is -0.483 e. The number of rotatable bonds is 4. The van der Waals surface area contributed by atoms with E-state index in [0.717, 1.165) is 26.5 Å². The van der Waals surface area contributed by atoms with Crippen LogP contribution in [-0.2, 0) is 4.79 Å². The topological polar surface area (TPSA) is 38.3 Å². The molecule has 0 fully saturated rings. The quantitative estimate of drug-likeness (QED) is 0.616. The summed E-state index contributed by atoms with van der Waals surface area (Å²) in [7, 11) is 0. The largest absolute Gasteiger partial charge is 0.483 e. The molecule has 0 aliphatic heterocycles. The Bertz CT molecular complexity index is 911. The van der Waals surface area contributed by atoms with E-state index in [-0.39, 0.29) is 12.5 Å². The molecule has 0 radical (unpaired) electrons. The third-order valence-electron chi connectivity index (χ3n) is 3.59. The first-order valence-electron chi connectivity index (χ1n) is 7.40. The number of carbonyl (C=O) groups is 1. The molecule has 1 amide bonds. The summed E-state index contributed by atoms with van der Waals surface area (Å²) < 4.78 is 6.53. The minimum absolute atomic E-state index is 0.0774. The van der Waals surface area contributed by atoms with Crippen molar-refractivity contribution in [2.75, 3.05) is 11.9 Å². The van der Waals surface area contributed by atoms with E-state index in [0.29, 0.717) is 10.8 Å². The van der Waals surface area contributed by atoms with Gasteiger partial charge in [-0.05, 0) is 52.7 Å². The lowest BCUT2D eigenvalue weighted by Crippen LogP contribution is -2.20. The van der Waals surface area contributed by atoms with Crippen LogP contribution in [0, 0.1) is 6.92 Å². The van der Waals surface area contributed by atoms with E-state index in [1.165, 1.54) is 0 Å². The van der Waals surface area contributed by atoms with Gasteiger partial charge in [-0.1, -0.05) is 41.9 Å². The lowest BCUT2D eigenvalue weighted by molar-refractivity contribution is -0.118. The number of halogens is 2. The number of hydrogen-bond acceptors (Lipinski definition) is 2. The van der Waals surface area contributed by atoms with Crippen LogP contribution in [0.4, 0.5) is 5.69 Å². The second kappa shape index (κ2) is 7.24. The van der Waals surface area contributed by atoms with Gasteiger partial charge in [0.25, 0.3) is 5.91 Å². The van der Waals surface area contributed by atoms with Gasteiger partial charge >= 0.3 is 0 Å². The van der Waals surface area contributed by atoms with Crippen molar-refractivity contribution in [2.24, 2.45) is 0 Å². The average Bonchev–Trinajstić information content (AvgIpc) is 2.57. The lowest BCUT2D eigenvalue weighted by atomic mass is 10.1. The van der Waals surface area contributed by atoms with Crippen molar-refractivity contribution in [3.05, 3.63) is 69.7 Å². The summed E-state index contributed by atoms with van der Waals surface area (Å²) in [4.78, 5) is 12.1. The first-order chi connectivity index (χ1) is 11.5.